The summed E-state index contributed by atoms with van der Waals surface area (Å²) in [5.41, 5.74) is 0.987. The number of piperidine rings is 1. The maximum atomic E-state index is 12.1. The molecule has 8 heteroatoms. The molecule has 7 nitrogen and oxygen atoms in total. The molecule has 1 saturated heterocycles. The Morgan fingerprint density at radius 2 is 2.08 bits per heavy atom. The molecule has 2 N–H and O–H groups in total. The maximum Gasteiger partial charge on any atom is 0.407 e. The van der Waals surface area contributed by atoms with E-state index in [1.165, 1.54) is 0 Å². The Morgan fingerprint density at radius 1 is 1.40 bits per heavy atom. The van der Waals surface area contributed by atoms with E-state index in [0.717, 1.165) is 18.4 Å². The normalized spacial score (nSPS) is 17.9. The van der Waals surface area contributed by atoms with E-state index in [4.69, 9.17) is 16.3 Å². The van der Waals surface area contributed by atoms with Gasteiger partial charge >= 0.3 is 6.09 Å². The van der Waals surface area contributed by atoms with Crippen LogP contribution in [0.15, 0.2) is 6.07 Å². The van der Waals surface area contributed by atoms with Gasteiger partial charge in [-0.3, -0.25) is 4.79 Å². The van der Waals surface area contributed by atoms with Crippen LogP contribution in [-0.2, 0) is 11.3 Å². The Morgan fingerprint density at radius 3 is 2.72 bits per heavy atom. The lowest BCUT2D eigenvalue weighted by atomic mass is 10.0. The molecule has 2 aliphatic heterocycles. The lowest BCUT2D eigenvalue weighted by Crippen LogP contribution is -2.46. The van der Waals surface area contributed by atoms with E-state index in [1.807, 2.05) is 20.8 Å². The van der Waals surface area contributed by atoms with Gasteiger partial charge in [-0.05, 0) is 45.2 Å². The van der Waals surface area contributed by atoms with E-state index < -0.39 is 11.7 Å². The van der Waals surface area contributed by atoms with Gasteiger partial charge in [-0.1, -0.05) is 11.6 Å². The maximum absolute atomic E-state index is 12.1. The van der Waals surface area contributed by atoms with Crippen LogP contribution in [0.5, 0.6) is 0 Å². The molecule has 0 atom stereocenters. The Labute approximate surface area is 152 Å². The third kappa shape index (κ3) is 4.15. The number of anilines is 1. The molecule has 3 rings (SSSR count). The number of halogens is 1. The van der Waals surface area contributed by atoms with Crippen LogP contribution >= 0.6 is 11.6 Å². The Bertz CT molecular complexity index is 694. The fourth-order valence-electron chi connectivity index (χ4n) is 3.14. The minimum absolute atomic E-state index is 0.0483. The van der Waals surface area contributed by atoms with Gasteiger partial charge in [0.15, 0.2) is 0 Å². The van der Waals surface area contributed by atoms with Crippen molar-refractivity contribution in [3.8, 4) is 0 Å². The number of carbonyl (C=O) groups excluding carboxylic acids is 2. The highest BCUT2D eigenvalue weighted by molar-refractivity contribution is 6.29. The molecule has 0 aromatic carbocycles. The molecule has 1 aromatic rings. The molecular formula is C17H23ClN4O3. The van der Waals surface area contributed by atoms with Gasteiger partial charge in [0.1, 0.15) is 16.6 Å². The molecular weight excluding hydrogens is 344 g/mol. The van der Waals surface area contributed by atoms with Crippen molar-refractivity contribution < 1.29 is 14.3 Å². The van der Waals surface area contributed by atoms with E-state index in [1.54, 1.807) is 6.07 Å². The molecule has 2 amide bonds. The first-order valence-electron chi connectivity index (χ1n) is 8.45. The predicted octanol–water partition coefficient (Wildman–Crippen LogP) is 2.47. The van der Waals surface area contributed by atoms with Crippen LogP contribution in [0, 0.1) is 0 Å². The number of nitrogens with one attached hydrogen (secondary N) is 2. The van der Waals surface area contributed by atoms with Gasteiger partial charge in [0.2, 0.25) is 0 Å². The zero-order valence-corrected chi connectivity index (χ0v) is 15.4. The molecule has 2 aliphatic rings. The minimum Gasteiger partial charge on any atom is -0.444 e. The molecule has 136 valence electrons. The summed E-state index contributed by atoms with van der Waals surface area (Å²) in [4.78, 5) is 30.4. The SMILES string of the molecule is CC(C)(C)OC(=O)NC1CCN(c2nc(Cl)cc3c2C(=O)NC3)CC1. The summed E-state index contributed by atoms with van der Waals surface area (Å²) in [6.07, 6.45) is 1.11. The lowest BCUT2D eigenvalue weighted by Gasteiger charge is -2.34. The Hall–Kier alpha value is -2.02. The first kappa shape index (κ1) is 17.8. The summed E-state index contributed by atoms with van der Waals surface area (Å²) in [5.74, 6) is 0.524. The molecule has 1 fully saturated rings. The number of hydrogen-bond donors (Lipinski definition) is 2. The van der Waals surface area contributed by atoms with Gasteiger partial charge in [0.25, 0.3) is 5.91 Å². The summed E-state index contributed by atoms with van der Waals surface area (Å²) in [6, 6.07) is 1.78. The molecule has 0 saturated carbocycles. The first-order valence-corrected chi connectivity index (χ1v) is 8.83. The van der Waals surface area contributed by atoms with E-state index in [-0.39, 0.29) is 11.9 Å². The van der Waals surface area contributed by atoms with Crippen molar-refractivity contribution in [1.29, 1.82) is 0 Å². The third-order valence-electron chi connectivity index (χ3n) is 4.23. The van der Waals surface area contributed by atoms with Crippen LogP contribution < -0.4 is 15.5 Å². The number of pyridine rings is 1. The Kier molecular flexibility index (Phi) is 4.77. The zero-order chi connectivity index (χ0) is 18.2. The summed E-state index contributed by atoms with van der Waals surface area (Å²) in [5, 5.41) is 6.10. The zero-order valence-electron chi connectivity index (χ0n) is 14.7. The lowest BCUT2D eigenvalue weighted by molar-refractivity contribution is 0.0497. The van der Waals surface area contributed by atoms with Gasteiger partial charge < -0.3 is 20.3 Å². The molecule has 3 heterocycles. The second-order valence-corrected chi connectivity index (χ2v) is 7.78. The van der Waals surface area contributed by atoms with Crippen LogP contribution in [0.3, 0.4) is 0 Å². The predicted molar refractivity (Wildman–Crippen MR) is 95.0 cm³/mol. The van der Waals surface area contributed by atoms with Gasteiger partial charge in [-0.15, -0.1) is 0 Å². The average Bonchev–Trinajstić information content (AvgIpc) is 2.86. The molecule has 0 radical (unpaired) electrons. The van der Waals surface area contributed by atoms with Gasteiger partial charge in [-0.2, -0.15) is 0 Å². The van der Waals surface area contributed by atoms with Gasteiger partial charge in [0, 0.05) is 25.7 Å². The van der Waals surface area contributed by atoms with Crippen LogP contribution in [0.1, 0.15) is 49.5 Å². The van der Waals surface area contributed by atoms with E-state index >= 15 is 0 Å². The van der Waals surface area contributed by atoms with Crippen molar-refractivity contribution in [3.05, 3.63) is 22.3 Å². The van der Waals surface area contributed by atoms with Crippen LogP contribution in [0.4, 0.5) is 10.6 Å². The van der Waals surface area contributed by atoms with E-state index in [9.17, 15) is 9.59 Å². The third-order valence-corrected chi connectivity index (χ3v) is 4.43. The number of carbonyl (C=O) groups is 2. The topological polar surface area (TPSA) is 83.6 Å². The average molecular weight is 367 g/mol. The number of hydrogen-bond acceptors (Lipinski definition) is 5. The van der Waals surface area contributed by atoms with Crippen molar-refractivity contribution >= 4 is 29.4 Å². The van der Waals surface area contributed by atoms with E-state index in [0.29, 0.717) is 36.2 Å². The van der Waals surface area contributed by atoms with Gasteiger partial charge in [-0.25, -0.2) is 9.78 Å². The number of alkyl carbamates (subject to hydrolysis) is 1. The smallest absolute Gasteiger partial charge is 0.407 e. The number of ether oxygens (including phenoxy) is 1. The Balaban J connectivity index is 1.64. The van der Waals surface area contributed by atoms with Crippen molar-refractivity contribution in [1.82, 2.24) is 15.6 Å². The number of aromatic nitrogens is 1. The number of nitrogens with zero attached hydrogens (tertiary/aromatic N) is 2. The van der Waals surface area contributed by atoms with Crippen molar-refractivity contribution in [2.45, 2.75) is 51.8 Å². The number of fused-ring (bicyclic) bond motifs is 1. The summed E-state index contributed by atoms with van der Waals surface area (Å²) in [6.45, 7) is 7.38. The van der Waals surface area contributed by atoms with E-state index in [2.05, 4.69) is 20.5 Å². The summed E-state index contributed by atoms with van der Waals surface area (Å²) in [7, 11) is 0. The van der Waals surface area contributed by atoms with Crippen molar-refractivity contribution in [2.75, 3.05) is 18.0 Å². The fraction of sp³-hybridized carbons (Fsp3) is 0.588. The quantitative estimate of drug-likeness (QED) is 0.785. The van der Waals surface area contributed by atoms with Crippen molar-refractivity contribution in [3.63, 3.8) is 0 Å². The van der Waals surface area contributed by atoms with Crippen LogP contribution in [0.25, 0.3) is 0 Å². The molecule has 25 heavy (non-hydrogen) atoms. The van der Waals surface area contributed by atoms with Crippen LogP contribution in [-0.4, -0.2) is 41.7 Å². The monoisotopic (exact) mass is 366 g/mol. The molecule has 0 spiro atoms. The summed E-state index contributed by atoms with van der Waals surface area (Å²) < 4.78 is 5.30. The highest BCUT2D eigenvalue weighted by Gasteiger charge is 2.30. The fourth-order valence-corrected chi connectivity index (χ4v) is 3.35. The molecule has 1 aromatic heterocycles. The highest BCUT2D eigenvalue weighted by atomic mass is 35.5. The molecule has 0 aliphatic carbocycles. The second-order valence-electron chi connectivity index (χ2n) is 7.39. The first-order chi connectivity index (χ1) is 11.7. The van der Waals surface area contributed by atoms with Crippen molar-refractivity contribution in [2.24, 2.45) is 0 Å². The standard InChI is InChI=1S/C17H23ClN4O3/c1-17(2,3)25-16(24)20-11-4-6-22(7-5-11)14-13-10(8-12(18)21-14)9-19-15(13)23/h8,11H,4-7,9H2,1-3H3,(H,19,23)(H,20,24). The van der Waals surface area contributed by atoms with Crippen LogP contribution in [0.2, 0.25) is 5.15 Å². The molecule has 0 unspecified atom stereocenters. The largest absolute Gasteiger partial charge is 0.444 e. The highest BCUT2D eigenvalue weighted by Crippen LogP contribution is 2.30. The number of rotatable bonds is 2. The summed E-state index contributed by atoms with van der Waals surface area (Å²) >= 11 is 6.10. The minimum atomic E-state index is -0.511. The molecule has 0 bridgehead atoms. The second kappa shape index (κ2) is 6.71. The number of amides is 2. The van der Waals surface area contributed by atoms with Gasteiger partial charge in [0.05, 0.1) is 5.56 Å².